The van der Waals surface area contributed by atoms with Crippen molar-refractivity contribution < 1.29 is 0 Å². The van der Waals surface area contributed by atoms with E-state index >= 15 is 0 Å². The first-order valence-electron chi connectivity index (χ1n) is 7.10. The summed E-state index contributed by atoms with van der Waals surface area (Å²) in [7, 11) is 0. The normalized spacial score (nSPS) is 24.8. The van der Waals surface area contributed by atoms with Crippen molar-refractivity contribution >= 4 is 35.0 Å². The van der Waals surface area contributed by atoms with Gasteiger partial charge in [0.25, 0.3) is 0 Å². The van der Waals surface area contributed by atoms with Crippen molar-refractivity contribution in [1.29, 1.82) is 0 Å². The van der Waals surface area contributed by atoms with Gasteiger partial charge in [-0.15, -0.1) is 0 Å². The zero-order valence-electron chi connectivity index (χ0n) is 10.9. The van der Waals surface area contributed by atoms with Crippen molar-refractivity contribution in [2.75, 3.05) is 5.75 Å². The quantitative estimate of drug-likeness (QED) is 0.683. The van der Waals surface area contributed by atoms with Gasteiger partial charge in [0.1, 0.15) is 16.1 Å². The molecule has 0 spiro atoms. The lowest BCUT2D eigenvalue weighted by atomic mass is 10.0. The van der Waals surface area contributed by atoms with E-state index in [0.717, 1.165) is 17.8 Å². The van der Waals surface area contributed by atoms with Gasteiger partial charge in [0, 0.05) is 5.56 Å². The van der Waals surface area contributed by atoms with E-state index in [1.54, 1.807) is 0 Å². The zero-order valence-corrected chi connectivity index (χ0v) is 13.2. The van der Waals surface area contributed by atoms with E-state index in [4.69, 9.17) is 23.2 Å². The lowest BCUT2D eigenvalue weighted by molar-refractivity contribution is 0.654. The van der Waals surface area contributed by atoms with E-state index in [1.807, 2.05) is 11.8 Å². The summed E-state index contributed by atoms with van der Waals surface area (Å²) in [5.41, 5.74) is 0.991. The maximum absolute atomic E-state index is 6.39. The minimum Gasteiger partial charge on any atom is -0.220 e. The second kappa shape index (κ2) is 6.19. The average Bonchev–Trinajstić information content (AvgIpc) is 2.93. The Morgan fingerprint density at radius 1 is 0.895 bits per heavy atom. The van der Waals surface area contributed by atoms with Gasteiger partial charge in [0.2, 0.25) is 0 Å². The van der Waals surface area contributed by atoms with Crippen LogP contribution < -0.4 is 0 Å². The van der Waals surface area contributed by atoms with Gasteiger partial charge in [-0.25, -0.2) is 9.97 Å². The Morgan fingerprint density at radius 2 is 1.53 bits per heavy atom. The molecule has 1 saturated carbocycles. The van der Waals surface area contributed by atoms with Gasteiger partial charge in [-0.05, 0) is 37.4 Å². The predicted octanol–water partition coefficient (Wildman–Crippen LogP) is 5.40. The summed E-state index contributed by atoms with van der Waals surface area (Å²) >= 11 is 14.7. The fraction of sp³-hybridized carbons (Fsp3) is 0.714. The monoisotopic (exact) mass is 316 g/mol. The second-order valence-corrected chi connectivity index (χ2v) is 7.44. The number of aromatic nitrogens is 2. The third-order valence-electron chi connectivity index (χ3n) is 4.10. The maximum Gasteiger partial charge on any atom is 0.144 e. The highest BCUT2D eigenvalue weighted by Gasteiger charge is 2.26. The molecule has 104 valence electrons. The summed E-state index contributed by atoms with van der Waals surface area (Å²) in [5, 5.41) is 1.56. The first kappa shape index (κ1) is 14.0. The van der Waals surface area contributed by atoms with Crippen LogP contribution in [0.1, 0.15) is 67.5 Å². The van der Waals surface area contributed by atoms with Crippen LogP contribution in [0.5, 0.6) is 0 Å². The van der Waals surface area contributed by atoms with E-state index in [-0.39, 0.29) is 0 Å². The Kier molecular flexibility index (Phi) is 4.55. The lowest BCUT2D eigenvalue weighted by Crippen LogP contribution is -2.09. The first-order valence-corrected chi connectivity index (χ1v) is 8.90. The number of thioether (sulfide) groups is 1. The Bertz CT molecular complexity index is 432. The average molecular weight is 317 g/mol. The van der Waals surface area contributed by atoms with Crippen molar-refractivity contribution in [2.45, 2.75) is 56.1 Å². The largest absolute Gasteiger partial charge is 0.220 e. The van der Waals surface area contributed by atoms with Gasteiger partial charge in [0.05, 0.1) is 5.25 Å². The molecular weight excluding hydrogens is 299 g/mol. The van der Waals surface area contributed by atoms with Crippen LogP contribution in [0.3, 0.4) is 0 Å². The van der Waals surface area contributed by atoms with Gasteiger partial charge in [-0.3, -0.25) is 0 Å². The highest BCUT2D eigenvalue weighted by molar-refractivity contribution is 7.99. The molecule has 0 aromatic carbocycles. The summed E-state index contributed by atoms with van der Waals surface area (Å²) in [6, 6.07) is 0. The van der Waals surface area contributed by atoms with Crippen LogP contribution in [0.4, 0.5) is 0 Å². The van der Waals surface area contributed by atoms with Crippen LogP contribution >= 0.6 is 35.0 Å². The van der Waals surface area contributed by atoms with Crippen molar-refractivity contribution in [3.8, 4) is 0 Å². The fourth-order valence-corrected chi connectivity index (χ4v) is 5.02. The molecule has 1 aromatic rings. The summed E-state index contributed by atoms with van der Waals surface area (Å²) in [6.45, 7) is 0. The molecule has 19 heavy (non-hydrogen) atoms. The Hall–Kier alpha value is 0.01000. The van der Waals surface area contributed by atoms with Crippen LogP contribution in [0.15, 0.2) is 0 Å². The summed E-state index contributed by atoms with van der Waals surface area (Å²) in [5.74, 6) is 2.49. The molecule has 2 heterocycles. The number of rotatable bonds is 2. The molecule has 1 saturated heterocycles. The van der Waals surface area contributed by atoms with E-state index in [1.165, 1.54) is 44.3 Å². The molecule has 0 amide bonds. The molecule has 2 fully saturated rings. The van der Waals surface area contributed by atoms with Crippen molar-refractivity contribution in [3.63, 3.8) is 0 Å². The van der Waals surface area contributed by atoms with Gasteiger partial charge in [-0.2, -0.15) is 11.8 Å². The number of halogens is 2. The summed E-state index contributed by atoms with van der Waals surface area (Å²) in [4.78, 5) is 9.10. The third kappa shape index (κ3) is 3.03. The lowest BCUT2D eigenvalue weighted by Gasteiger charge is -2.21. The van der Waals surface area contributed by atoms with E-state index in [9.17, 15) is 0 Å². The number of hydrogen-bond acceptors (Lipinski definition) is 3. The molecule has 1 atom stereocenters. The van der Waals surface area contributed by atoms with Crippen LogP contribution in [-0.2, 0) is 0 Å². The molecule has 3 rings (SSSR count). The second-order valence-electron chi connectivity index (χ2n) is 5.41. The Morgan fingerprint density at radius 3 is 2.11 bits per heavy atom. The Labute approximate surface area is 128 Å². The van der Waals surface area contributed by atoms with Gasteiger partial charge < -0.3 is 0 Å². The number of nitrogens with zero attached hydrogens (tertiary/aromatic N) is 2. The van der Waals surface area contributed by atoms with Crippen LogP contribution in [0, 0.1) is 0 Å². The highest BCUT2D eigenvalue weighted by Crippen LogP contribution is 2.42. The Balaban J connectivity index is 1.88. The standard InChI is InChI=1S/C14H18Cl2N2S/c15-12-11(9-5-1-2-6-9)13(16)18-14(17-12)10-7-3-4-8-19-10/h9-10H,1-8H2. The smallest absolute Gasteiger partial charge is 0.144 e. The van der Waals surface area contributed by atoms with Crippen LogP contribution in [0.2, 0.25) is 10.3 Å². The zero-order chi connectivity index (χ0) is 13.2. The molecule has 2 aliphatic rings. The minimum absolute atomic E-state index is 0.376. The molecule has 2 nitrogen and oxygen atoms in total. The molecule has 5 heteroatoms. The fourth-order valence-electron chi connectivity index (χ4n) is 3.07. The van der Waals surface area contributed by atoms with Crippen molar-refractivity contribution in [1.82, 2.24) is 9.97 Å². The van der Waals surface area contributed by atoms with Crippen molar-refractivity contribution in [3.05, 3.63) is 21.7 Å². The summed E-state index contributed by atoms with van der Waals surface area (Å²) in [6.07, 6.45) is 8.54. The van der Waals surface area contributed by atoms with Gasteiger partial charge in [0.15, 0.2) is 0 Å². The molecule has 0 N–H and O–H groups in total. The van der Waals surface area contributed by atoms with Crippen molar-refractivity contribution in [2.24, 2.45) is 0 Å². The molecule has 0 radical (unpaired) electrons. The SMILES string of the molecule is Clc1nc(C2CCCCS2)nc(Cl)c1C1CCCC1. The van der Waals surface area contributed by atoms with E-state index in [2.05, 4.69) is 9.97 Å². The van der Waals surface area contributed by atoms with Gasteiger partial charge in [-0.1, -0.05) is 42.5 Å². The van der Waals surface area contributed by atoms with Gasteiger partial charge >= 0.3 is 0 Å². The van der Waals surface area contributed by atoms with Crippen LogP contribution in [-0.4, -0.2) is 15.7 Å². The van der Waals surface area contributed by atoms with Crippen LogP contribution in [0.25, 0.3) is 0 Å². The molecule has 1 unspecified atom stereocenters. The summed E-state index contributed by atoms with van der Waals surface area (Å²) < 4.78 is 0. The molecule has 1 aliphatic carbocycles. The minimum atomic E-state index is 0.376. The molecule has 0 bridgehead atoms. The topological polar surface area (TPSA) is 25.8 Å². The highest BCUT2D eigenvalue weighted by atomic mass is 35.5. The third-order valence-corrected chi connectivity index (χ3v) is 6.05. The predicted molar refractivity (Wildman–Crippen MR) is 82.3 cm³/mol. The van der Waals surface area contributed by atoms with E-state index in [0.29, 0.717) is 21.5 Å². The maximum atomic E-state index is 6.39. The molecule has 1 aliphatic heterocycles. The first-order chi connectivity index (χ1) is 9.25. The van der Waals surface area contributed by atoms with E-state index < -0.39 is 0 Å². The molecule has 1 aromatic heterocycles. The number of hydrogen-bond donors (Lipinski definition) is 0. The molecular formula is C14H18Cl2N2S.